The van der Waals surface area contributed by atoms with Gasteiger partial charge in [-0.1, -0.05) is 29.3 Å². The number of nitrogens with two attached hydrogens (primary N) is 1. The van der Waals surface area contributed by atoms with Gasteiger partial charge in [-0.3, -0.25) is 9.59 Å². The van der Waals surface area contributed by atoms with E-state index < -0.39 is 6.04 Å². The van der Waals surface area contributed by atoms with Crippen molar-refractivity contribution in [1.29, 1.82) is 0 Å². The molecule has 20 heavy (non-hydrogen) atoms. The first-order chi connectivity index (χ1) is 9.02. The molecule has 5 nitrogen and oxygen atoms in total. The normalized spacial score (nSPS) is 11.2. The van der Waals surface area contributed by atoms with Crippen molar-refractivity contribution >= 4 is 45.8 Å². The van der Waals surface area contributed by atoms with Crippen LogP contribution in [0.25, 0.3) is 0 Å². The van der Waals surface area contributed by atoms with Crippen LogP contribution in [0.3, 0.4) is 0 Å². The summed E-state index contributed by atoms with van der Waals surface area (Å²) in [5.41, 5.74) is 6.32. The molecule has 0 aromatic heterocycles. The van der Waals surface area contributed by atoms with Crippen LogP contribution in [0.15, 0.2) is 28.7 Å². The molecule has 0 saturated carbocycles. The number of anilines is 1. The number of hydrogen-bond donors (Lipinski definition) is 3. The highest BCUT2D eigenvalue weighted by Crippen LogP contribution is 2.13. The van der Waals surface area contributed by atoms with Crippen LogP contribution in [-0.4, -0.2) is 24.4 Å². The second-order valence-electron chi connectivity index (χ2n) is 4.17. The first-order valence-corrected chi connectivity index (χ1v) is 6.91. The van der Waals surface area contributed by atoms with Gasteiger partial charge in [0.25, 0.3) is 0 Å². The highest BCUT2D eigenvalue weighted by atomic mass is 79.9. The molecule has 0 saturated heterocycles. The van der Waals surface area contributed by atoms with E-state index in [-0.39, 0.29) is 30.8 Å². The summed E-state index contributed by atoms with van der Waals surface area (Å²) in [7, 11) is 0. The molecule has 0 aliphatic heterocycles. The van der Waals surface area contributed by atoms with Crippen molar-refractivity contribution in [2.75, 3.05) is 11.9 Å². The Hall–Kier alpha value is -1.11. The van der Waals surface area contributed by atoms with Crippen molar-refractivity contribution in [1.82, 2.24) is 5.32 Å². The van der Waals surface area contributed by atoms with Gasteiger partial charge in [-0.05, 0) is 30.7 Å². The summed E-state index contributed by atoms with van der Waals surface area (Å²) < 4.78 is 0.935. The molecule has 1 rings (SSSR count). The van der Waals surface area contributed by atoms with Gasteiger partial charge >= 0.3 is 0 Å². The Balaban J connectivity index is 0.00000361. The van der Waals surface area contributed by atoms with E-state index in [1.807, 2.05) is 19.1 Å². The van der Waals surface area contributed by atoms with Crippen LogP contribution in [-0.2, 0) is 9.59 Å². The monoisotopic (exact) mass is 363 g/mol. The lowest BCUT2D eigenvalue weighted by atomic mass is 10.2. The SMILES string of the molecule is CCCC(N)C(=O)NCC(=O)Nc1ccc(Br)cc1.Cl. The van der Waals surface area contributed by atoms with Crippen LogP contribution in [0.4, 0.5) is 5.69 Å². The van der Waals surface area contributed by atoms with Crippen LogP contribution in [0.2, 0.25) is 0 Å². The van der Waals surface area contributed by atoms with Crippen LogP contribution >= 0.6 is 28.3 Å². The molecule has 4 N–H and O–H groups in total. The van der Waals surface area contributed by atoms with Gasteiger partial charge in [0, 0.05) is 10.2 Å². The molecule has 1 aromatic carbocycles. The van der Waals surface area contributed by atoms with Gasteiger partial charge in [0.15, 0.2) is 0 Å². The highest BCUT2D eigenvalue weighted by Gasteiger charge is 2.13. The lowest BCUT2D eigenvalue weighted by molar-refractivity contribution is -0.125. The lowest BCUT2D eigenvalue weighted by Crippen LogP contribution is -2.43. The van der Waals surface area contributed by atoms with Crippen molar-refractivity contribution in [3.63, 3.8) is 0 Å². The standard InChI is InChI=1S/C13H18BrN3O2.ClH/c1-2-3-11(15)13(19)16-8-12(18)17-10-6-4-9(14)5-7-10;/h4-7,11H,2-3,8,15H2,1H3,(H,16,19)(H,17,18);1H. The van der Waals surface area contributed by atoms with Gasteiger partial charge in [-0.15, -0.1) is 12.4 Å². The largest absolute Gasteiger partial charge is 0.346 e. The summed E-state index contributed by atoms with van der Waals surface area (Å²) >= 11 is 3.31. The minimum Gasteiger partial charge on any atom is -0.346 e. The van der Waals surface area contributed by atoms with Crippen molar-refractivity contribution in [2.24, 2.45) is 5.73 Å². The minimum atomic E-state index is -0.550. The molecule has 0 spiro atoms. The Morgan fingerprint density at radius 2 is 1.90 bits per heavy atom. The molecule has 1 unspecified atom stereocenters. The minimum absolute atomic E-state index is 0. The first-order valence-electron chi connectivity index (χ1n) is 6.11. The third kappa shape index (κ3) is 6.88. The molecule has 0 aliphatic carbocycles. The quantitative estimate of drug-likeness (QED) is 0.722. The third-order valence-corrected chi connectivity index (χ3v) is 3.02. The maximum atomic E-state index is 11.6. The summed E-state index contributed by atoms with van der Waals surface area (Å²) in [6, 6.07) is 6.64. The zero-order valence-electron chi connectivity index (χ0n) is 11.2. The van der Waals surface area contributed by atoms with E-state index in [2.05, 4.69) is 26.6 Å². The molecule has 7 heteroatoms. The number of rotatable bonds is 6. The molecule has 0 radical (unpaired) electrons. The van der Waals surface area contributed by atoms with E-state index in [0.717, 1.165) is 10.9 Å². The fourth-order valence-corrected chi connectivity index (χ4v) is 1.74. The maximum Gasteiger partial charge on any atom is 0.243 e. The predicted octanol–water partition coefficient (Wildman–Crippen LogP) is 2.05. The topological polar surface area (TPSA) is 84.2 Å². The molecule has 1 atom stereocenters. The van der Waals surface area contributed by atoms with E-state index in [1.54, 1.807) is 12.1 Å². The molecular formula is C13H19BrClN3O2. The lowest BCUT2D eigenvalue weighted by Gasteiger charge is -2.11. The van der Waals surface area contributed by atoms with Crippen LogP contribution in [0.1, 0.15) is 19.8 Å². The first kappa shape index (κ1) is 18.9. The summed E-state index contributed by atoms with van der Waals surface area (Å²) in [5.74, 6) is -0.577. The van der Waals surface area contributed by atoms with Crippen molar-refractivity contribution in [3.8, 4) is 0 Å². The summed E-state index contributed by atoms with van der Waals surface area (Å²) in [6.45, 7) is 1.87. The van der Waals surface area contributed by atoms with Crippen LogP contribution in [0.5, 0.6) is 0 Å². The number of carbonyl (C=O) groups excluding carboxylic acids is 2. The van der Waals surface area contributed by atoms with Gasteiger partial charge in [0.1, 0.15) is 0 Å². The van der Waals surface area contributed by atoms with Gasteiger partial charge in [-0.25, -0.2) is 0 Å². The van der Waals surface area contributed by atoms with E-state index >= 15 is 0 Å². The molecule has 2 amide bonds. The molecule has 0 heterocycles. The van der Waals surface area contributed by atoms with Crippen LogP contribution < -0.4 is 16.4 Å². The molecule has 0 bridgehead atoms. The Morgan fingerprint density at radius 3 is 2.45 bits per heavy atom. The molecule has 112 valence electrons. The van der Waals surface area contributed by atoms with E-state index in [4.69, 9.17) is 5.73 Å². The van der Waals surface area contributed by atoms with Gasteiger partial charge in [-0.2, -0.15) is 0 Å². The van der Waals surface area contributed by atoms with Crippen molar-refractivity contribution in [2.45, 2.75) is 25.8 Å². The third-order valence-electron chi connectivity index (χ3n) is 2.49. The zero-order chi connectivity index (χ0) is 14.3. The van der Waals surface area contributed by atoms with E-state index in [0.29, 0.717) is 12.1 Å². The average Bonchev–Trinajstić information content (AvgIpc) is 2.39. The number of benzene rings is 1. The molecular weight excluding hydrogens is 346 g/mol. The summed E-state index contributed by atoms with van der Waals surface area (Å²) in [4.78, 5) is 23.1. The number of nitrogens with one attached hydrogen (secondary N) is 2. The second kappa shape index (κ2) is 9.74. The van der Waals surface area contributed by atoms with Crippen LogP contribution in [0, 0.1) is 0 Å². The van der Waals surface area contributed by atoms with E-state index in [9.17, 15) is 9.59 Å². The second-order valence-corrected chi connectivity index (χ2v) is 5.08. The number of halogens is 2. The van der Waals surface area contributed by atoms with Gasteiger partial charge in [0.05, 0.1) is 12.6 Å². The van der Waals surface area contributed by atoms with Crippen molar-refractivity contribution < 1.29 is 9.59 Å². The Bertz CT molecular complexity index is 440. The Kier molecular flexibility index (Phi) is 9.20. The van der Waals surface area contributed by atoms with Gasteiger partial charge < -0.3 is 16.4 Å². The fourth-order valence-electron chi connectivity index (χ4n) is 1.48. The number of amides is 2. The predicted molar refractivity (Wildman–Crippen MR) is 85.9 cm³/mol. The molecule has 0 fully saturated rings. The van der Waals surface area contributed by atoms with Gasteiger partial charge in [0.2, 0.25) is 11.8 Å². The van der Waals surface area contributed by atoms with E-state index in [1.165, 1.54) is 0 Å². The highest BCUT2D eigenvalue weighted by molar-refractivity contribution is 9.10. The van der Waals surface area contributed by atoms with Crippen molar-refractivity contribution in [3.05, 3.63) is 28.7 Å². The number of hydrogen-bond acceptors (Lipinski definition) is 3. The summed E-state index contributed by atoms with van der Waals surface area (Å²) in [6.07, 6.45) is 1.44. The Labute approximate surface area is 133 Å². The molecule has 1 aromatic rings. The fraction of sp³-hybridized carbons (Fsp3) is 0.385. The summed E-state index contributed by atoms with van der Waals surface area (Å²) in [5, 5.41) is 5.19. The molecule has 0 aliphatic rings. The zero-order valence-corrected chi connectivity index (χ0v) is 13.6. The number of carbonyl (C=O) groups is 2. The smallest absolute Gasteiger partial charge is 0.243 e. The maximum absolute atomic E-state index is 11.6. The Morgan fingerprint density at radius 1 is 1.30 bits per heavy atom. The average molecular weight is 365 g/mol.